The van der Waals surface area contributed by atoms with Crippen molar-refractivity contribution in [3.63, 3.8) is 0 Å². The Bertz CT molecular complexity index is 103. The van der Waals surface area contributed by atoms with Crippen LogP contribution in [0.2, 0.25) is 0 Å². The number of hydrogen-bond acceptors (Lipinski definition) is 2. The average molecular weight is 112 g/mol. The van der Waals surface area contributed by atoms with Crippen LogP contribution in [0.25, 0.3) is 0 Å². The maximum atomic E-state index is 5.28. The van der Waals surface area contributed by atoms with Crippen molar-refractivity contribution in [1.82, 2.24) is 5.01 Å². The van der Waals surface area contributed by atoms with E-state index in [2.05, 4.69) is 6.58 Å². The fraction of sp³-hybridized carbons (Fsp3) is 0.333. The quantitative estimate of drug-likeness (QED) is 0.326. The summed E-state index contributed by atoms with van der Waals surface area (Å²) in [5.41, 5.74) is 1.06. The van der Waals surface area contributed by atoms with Crippen molar-refractivity contribution in [3.05, 3.63) is 24.4 Å². The highest BCUT2D eigenvalue weighted by atomic mass is 15.4. The van der Waals surface area contributed by atoms with Crippen LogP contribution in [0.3, 0.4) is 0 Å². The van der Waals surface area contributed by atoms with Gasteiger partial charge in [0.15, 0.2) is 0 Å². The number of rotatable bonds is 2. The topological polar surface area (TPSA) is 29.3 Å². The Morgan fingerprint density at radius 3 is 2.38 bits per heavy atom. The van der Waals surface area contributed by atoms with Gasteiger partial charge in [0, 0.05) is 13.2 Å². The van der Waals surface area contributed by atoms with E-state index in [1.807, 2.05) is 6.92 Å². The van der Waals surface area contributed by atoms with Gasteiger partial charge in [0.05, 0.1) is 0 Å². The zero-order valence-corrected chi connectivity index (χ0v) is 5.39. The Morgan fingerprint density at radius 1 is 1.75 bits per heavy atom. The predicted molar refractivity (Wildman–Crippen MR) is 35.9 cm³/mol. The third-order valence-electron chi connectivity index (χ3n) is 0.729. The number of nitrogens with two attached hydrogens (primary N) is 1. The Balaban J connectivity index is 3.74. The molecule has 0 radical (unpaired) electrons. The molecule has 8 heavy (non-hydrogen) atoms. The minimum Gasteiger partial charge on any atom is -0.321 e. The van der Waals surface area contributed by atoms with Crippen LogP contribution in [-0.4, -0.2) is 12.1 Å². The summed E-state index contributed by atoms with van der Waals surface area (Å²) in [5, 5.41) is 1.50. The first kappa shape index (κ1) is 7.24. The molecule has 0 saturated carbocycles. The van der Waals surface area contributed by atoms with Crippen molar-refractivity contribution < 1.29 is 0 Å². The van der Waals surface area contributed by atoms with Crippen LogP contribution in [0.15, 0.2) is 24.4 Å². The molecule has 0 spiro atoms. The number of nitrogens with zero attached hydrogens (tertiary/aromatic N) is 1. The first-order valence-electron chi connectivity index (χ1n) is 2.45. The number of hydrazine groups is 1. The zero-order chi connectivity index (χ0) is 6.57. The van der Waals surface area contributed by atoms with Crippen LogP contribution in [0.1, 0.15) is 6.92 Å². The van der Waals surface area contributed by atoms with E-state index in [0.29, 0.717) is 0 Å². The third kappa shape index (κ3) is 3.43. The summed E-state index contributed by atoms with van der Waals surface area (Å²) < 4.78 is 0. The summed E-state index contributed by atoms with van der Waals surface area (Å²) in [7, 11) is 1.77. The van der Waals surface area contributed by atoms with E-state index in [4.69, 9.17) is 5.84 Å². The lowest BCUT2D eigenvalue weighted by Gasteiger charge is -2.03. The van der Waals surface area contributed by atoms with Crippen LogP contribution in [-0.2, 0) is 0 Å². The lowest BCUT2D eigenvalue weighted by molar-refractivity contribution is 0.482. The highest BCUT2D eigenvalue weighted by molar-refractivity contribution is 5.11. The van der Waals surface area contributed by atoms with E-state index in [1.165, 1.54) is 5.01 Å². The first-order chi connectivity index (χ1) is 3.66. The Labute approximate surface area is 50.3 Å². The van der Waals surface area contributed by atoms with Crippen molar-refractivity contribution >= 4 is 0 Å². The van der Waals surface area contributed by atoms with Gasteiger partial charge in [0.25, 0.3) is 0 Å². The molecule has 0 fully saturated rings. The number of hydrogen-bond donors (Lipinski definition) is 1. The van der Waals surface area contributed by atoms with Crippen LogP contribution >= 0.6 is 0 Å². The monoisotopic (exact) mass is 112 g/mol. The van der Waals surface area contributed by atoms with Gasteiger partial charge in [0.2, 0.25) is 0 Å². The molecule has 0 saturated heterocycles. The molecule has 46 valence electrons. The molecule has 0 atom stereocenters. The third-order valence-corrected chi connectivity index (χ3v) is 0.729. The standard InChI is InChI=1S/C6H12N2/c1-4-6(2)5-8(3)7/h4-5H,1,7H2,2-3H3/b6-5-. The van der Waals surface area contributed by atoms with Gasteiger partial charge in [-0.25, -0.2) is 5.84 Å². The maximum absolute atomic E-state index is 5.28. The zero-order valence-electron chi connectivity index (χ0n) is 5.39. The summed E-state index contributed by atoms with van der Waals surface area (Å²) in [5.74, 6) is 5.28. The van der Waals surface area contributed by atoms with E-state index >= 15 is 0 Å². The SMILES string of the molecule is C=C/C(C)=C\N(C)N. The van der Waals surface area contributed by atoms with Crippen molar-refractivity contribution in [2.45, 2.75) is 6.92 Å². The Kier molecular flexibility index (Phi) is 2.96. The fourth-order valence-corrected chi connectivity index (χ4v) is 0.374. The molecule has 0 heterocycles. The van der Waals surface area contributed by atoms with E-state index in [9.17, 15) is 0 Å². The van der Waals surface area contributed by atoms with Gasteiger partial charge < -0.3 is 5.01 Å². The average Bonchev–Trinajstić information content (AvgIpc) is 1.65. The minimum absolute atomic E-state index is 1.06. The van der Waals surface area contributed by atoms with Gasteiger partial charge in [-0.1, -0.05) is 12.7 Å². The van der Waals surface area contributed by atoms with Gasteiger partial charge in [0.1, 0.15) is 0 Å². The molecule has 0 bridgehead atoms. The fourth-order valence-electron chi connectivity index (χ4n) is 0.374. The van der Waals surface area contributed by atoms with Crippen LogP contribution in [0, 0.1) is 0 Å². The molecule has 2 heteroatoms. The number of allylic oxidation sites excluding steroid dienone is 2. The molecule has 0 aliphatic heterocycles. The van der Waals surface area contributed by atoms with Gasteiger partial charge in [-0.3, -0.25) is 0 Å². The van der Waals surface area contributed by atoms with E-state index in [-0.39, 0.29) is 0 Å². The summed E-state index contributed by atoms with van der Waals surface area (Å²) in [6, 6.07) is 0. The van der Waals surface area contributed by atoms with Gasteiger partial charge in [-0.05, 0) is 12.5 Å². The normalized spacial score (nSPS) is 11.1. The lowest BCUT2D eigenvalue weighted by Crippen LogP contribution is -2.18. The largest absolute Gasteiger partial charge is 0.321 e. The van der Waals surface area contributed by atoms with Crippen molar-refractivity contribution in [2.24, 2.45) is 5.84 Å². The van der Waals surface area contributed by atoms with Crippen LogP contribution < -0.4 is 5.84 Å². The molecular formula is C6H12N2. The second-order valence-corrected chi connectivity index (χ2v) is 1.74. The Morgan fingerprint density at radius 2 is 2.25 bits per heavy atom. The lowest BCUT2D eigenvalue weighted by atomic mass is 10.3. The maximum Gasteiger partial charge on any atom is 0.0223 e. The van der Waals surface area contributed by atoms with Crippen molar-refractivity contribution in [2.75, 3.05) is 7.05 Å². The molecule has 0 rings (SSSR count). The van der Waals surface area contributed by atoms with Crippen LogP contribution in [0.4, 0.5) is 0 Å². The molecule has 0 aliphatic rings. The van der Waals surface area contributed by atoms with Crippen LogP contribution in [0.5, 0.6) is 0 Å². The second-order valence-electron chi connectivity index (χ2n) is 1.74. The summed E-state index contributed by atoms with van der Waals surface area (Å²) >= 11 is 0. The summed E-state index contributed by atoms with van der Waals surface area (Å²) in [6.45, 7) is 5.50. The molecular weight excluding hydrogens is 100 g/mol. The second kappa shape index (κ2) is 3.27. The molecule has 0 aromatic carbocycles. The summed E-state index contributed by atoms with van der Waals surface area (Å²) in [4.78, 5) is 0. The molecule has 2 N–H and O–H groups in total. The van der Waals surface area contributed by atoms with E-state index in [1.54, 1.807) is 19.3 Å². The van der Waals surface area contributed by atoms with Gasteiger partial charge in [-0.15, -0.1) is 0 Å². The van der Waals surface area contributed by atoms with Crippen molar-refractivity contribution in [1.29, 1.82) is 0 Å². The summed E-state index contributed by atoms with van der Waals surface area (Å²) in [6.07, 6.45) is 3.55. The van der Waals surface area contributed by atoms with E-state index < -0.39 is 0 Å². The van der Waals surface area contributed by atoms with Gasteiger partial charge in [-0.2, -0.15) is 0 Å². The van der Waals surface area contributed by atoms with Crippen molar-refractivity contribution in [3.8, 4) is 0 Å². The predicted octanol–water partition coefficient (Wildman–Crippen LogP) is 0.882. The molecule has 2 nitrogen and oxygen atoms in total. The molecule has 0 unspecified atom stereocenters. The smallest absolute Gasteiger partial charge is 0.0223 e. The molecule has 0 aromatic rings. The molecule has 0 aliphatic carbocycles. The first-order valence-corrected chi connectivity index (χ1v) is 2.45. The highest BCUT2D eigenvalue weighted by Crippen LogP contribution is 1.90. The highest BCUT2D eigenvalue weighted by Gasteiger charge is 1.78. The van der Waals surface area contributed by atoms with Gasteiger partial charge >= 0.3 is 0 Å². The molecule has 0 amide bonds. The van der Waals surface area contributed by atoms with E-state index in [0.717, 1.165) is 5.57 Å². The Hall–Kier alpha value is -0.760. The minimum atomic E-state index is 1.06. The molecule has 0 aromatic heterocycles.